The number of sulfonamides is 1. The van der Waals surface area contributed by atoms with E-state index in [2.05, 4.69) is 10.6 Å². The molecule has 0 aliphatic heterocycles. The van der Waals surface area contributed by atoms with Crippen LogP contribution in [-0.2, 0) is 21.2 Å². The Hall–Kier alpha value is -3.40. The van der Waals surface area contributed by atoms with E-state index in [0.29, 0.717) is 12.2 Å². The van der Waals surface area contributed by atoms with E-state index in [0.717, 1.165) is 22.4 Å². The van der Waals surface area contributed by atoms with Crippen LogP contribution in [0.4, 0.5) is 5.69 Å². The Morgan fingerprint density at radius 3 is 2.12 bits per heavy atom. The van der Waals surface area contributed by atoms with Crippen molar-refractivity contribution in [3.8, 4) is 5.75 Å². The van der Waals surface area contributed by atoms with Gasteiger partial charge in [0.25, 0.3) is 0 Å². The van der Waals surface area contributed by atoms with Crippen molar-refractivity contribution in [2.45, 2.75) is 51.2 Å². The van der Waals surface area contributed by atoms with Crippen molar-refractivity contribution in [1.82, 2.24) is 9.62 Å². The first-order valence-corrected chi connectivity index (χ1v) is 14.9. The largest absolute Gasteiger partial charge is 0.497 e. The molecule has 0 spiro atoms. The van der Waals surface area contributed by atoms with Crippen LogP contribution in [-0.4, -0.2) is 62.6 Å². The second kappa shape index (κ2) is 14.3. The number of amides is 1. The lowest BCUT2D eigenvalue weighted by Gasteiger charge is -2.31. The number of hydrogen-bond acceptors (Lipinski definition) is 6. The van der Waals surface area contributed by atoms with Gasteiger partial charge in [0.15, 0.2) is 0 Å². The zero-order valence-electron chi connectivity index (χ0n) is 23.9. The molecule has 2 atom stereocenters. The maximum Gasteiger partial charge on any atom is 0.243 e. The Bertz CT molecular complexity index is 1320. The number of benzene rings is 3. The molecule has 9 heteroatoms. The van der Waals surface area contributed by atoms with Gasteiger partial charge in [-0.2, -0.15) is 4.31 Å². The maximum absolute atomic E-state index is 13.6. The van der Waals surface area contributed by atoms with E-state index in [1.165, 1.54) is 23.5 Å². The summed E-state index contributed by atoms with van der Waals surface area (Å²) in [5.74, 6) is 0.273. The Balaban J connectivity index is 1.81. The molecule has 0 heterocycles. The number of carbonyl (C=O) groups is 1. The first-order valence-electron chi connectivity index (χ1n) is 13.5. The van der Waals surface area contributed by atoms with Crippen molar-refractivity contribution in [3.63, 3.8) is 0 Å². The van der Waals surface area contributed by atoms with Crippen LogP contribution in [0.1, 0.15) is 30.5 Å². The quantitative estimate of drug-likeness (QED) is 0.270. The second-order valence-electron chi connectivity index (χ2n) is 10.4. The van der Waals surface area contributed by atoms with Crippen LogP contribution >= 0.6 is 0 Å². The van der Waals surface area contributed by atoms with Gasteiger partial charge in [0, 0.05) is 18.8 Å². The molecule has 0 aromatic heterocycles. The van der Waals surface area contributed by atoms with E-state index < -0.39 is 22.2 Å². The van der Waals surface area contributed by atoms with Gasteiger partial charge in [-0.15, -0.1) is 0 Å². The fourth-order valence-electron chi connectivity index (χ4n) is 4.58. The third-order valence-electron chi connectivity index (χ3n) is 6.67. The van der Waals surface area contributed by atoms with Crippen LogP contribution in [0.3, 0.4) is 0 Å². The molecule has 0 aliphatic carbocycles. The average Bonchev–Trinajstić information content (AvgIpc) is 2.92. The number of nitrogens with zero attached hydrogens (tertiary/aromatic N) is 1. The predicted molar refractivity (Wildman–Crippen MR) is 159 cm³/mol. The van der Waals surface area contributed by atoms with Crippen LogP contribution < -0.4 is 15.4 Å². The Labute approximate surface area is 238 Å². The molecule has 0 aliphatic rings. The van der Waals surface area contributed by atoms with Gasteiger partial charge < -0.3 is 20.5 Å². The molecular formula is C31H41N3O5S. The number of para-hydroxylation sites is 1. The highest BCUT2D eigenvalue weighted by molar-refractivity contribution is 7.89. The normalized spacial score (nSPS) is 13.2. The van der Waals surface area contributed by atoms with E-state index >= 15 is 0 Å². The standard InChI is InChI=1S/C31H41N3O5S/c1-22(2)20-34(40(37,38)27-16-14-26(39-5)15-17-27)21-29(35)28(18-25-12-7-6-8-13-25)33-30(36)19-32-31-23(3)10-9-11-24(31)4/h6-17,22,28-29,32,35H,18-21H2,1-5H3,(H,33,36)/t28?,29-/m1/s1. The number of aliphatic hydroxyl groups excluding tert-OH is 1. The van der Waals surface area contributed by atoms with Gasteiger partial charge in [-0.05, 0) is 67.1 Å². The molecule has 3 aromatic carbocycles. The molecule has 0 fully saturated rings. The molecule has 0 saturated carbocycles. The van der Waals surface area contributed by atoms with E-state index in [-0.39, 0.29) is 36.4 Å². The SMILES string of the molecule is COc1ccc(S(=O)(=O)N(CC(C)C)C[C@@H](O)C(Cc2ccccc2)NC(=O)CNc2c(C)cccc2C)cc1. The summed E-state index contributed by atoms with van der Waals surface area (Å²) in [7, 11) is -2.40. The van der Waals surface area contributed by atoms with Gasteiger partial charge in [0.05, 0.1) is 30.7 Å². The Kier molecular flexibility index (Phi) is 11.1. The molecule has 40 heavy (non-hydrogen) atoms. The van der Waals surface area contributed by atoms with Gasteiger partial charge in [0.2, 0.25) is 15.9 Å². The fraction of sp³-hybridized carbons (Fsp3) is 0.387. The Morgan fingerprint density at radius 2 is 1.55 bits per heavy atom. The molecule has 3 rings (SSSR count). The number of hydrogen-bond donors (Lipinski definition) is 3. The number of ether oxygens (including phenoxy) is 1. The average molecular weight is 568 g/mol. The minimum atomic E-state index is -3.91. The van der Waals surface area contributed by atoms with Gasteiger partial charge in [-0.25, -0.2) is 8.42 Å². The second-order valence-corrected chi connectivity index (χ2v) is 12.4. The topological polar surface area (TPSA) is 108 Å². The molecule has 216 valence electrons. The fourth-order valence-corrected chi connectivity index (χ4v) is 6.20. The van der Waals surface area contributed by atoms with Crippen molar-refractivity contribution in [2.24, 2.45) is 5.92 Å². The van der Waals surface area contributed by atoms with E-state index in [4.69, 9.17) is 4.74 Å². The number of methoxy groups -OCH3 is 1. The smallest absolute Gasteiger partial charge is 0.243 e. The number of anilines is 1. The van der Waals surface area contributed by atoms with Crippen LogP contribution in [0.5, 0.6) is 5.75 Å². The molecule has 1 amide bonds. The predicted octanol–water partition coefficient (Wildman–Crippen LogP) is 4.16. The lowest BCUT2D eigenvalue weighted by Crippen LogP contribution is -2.52. The summed E-state index contributed by atoms with van der Waals surface area (Å²) in [6.45, 7) is 7.85. The van der Waals surface area contributed by atoms with E-state index in [1.54, 1.807) is 12.1 Å². The molecular weight excluding hydrogens is 526 g/mol. The van der Waals surface area contributed by atoms with Gasteiger partial charge in [-0.1, -0.05) is 62.4 Å². The highest BCUT2D eigenvalue weighted by Crippen LogP contribution is 2.22. The maximum atomic E-state index is 13.6. The summed E-state index contributed by atoms with van der Waals surface area (Å²) in [6, 6.07) is 20.9. The van der Waals surface area contributed by atoms with Crippen LogP contribution in [0.2, 0.25) is 0 Å². The molecule has 8 nitrogen and oxygen atoms in total. The van der Waals surface area contributed by atoms with E-state index in [9.17, 15) is 18.3 Å². The van der Waals surface area contributed by atoms with Crippen molar-refractivity contribution >= 4 is 21.6 Å². The minimum absolute atomic E-state index is 0.0174. The molecule has 3 N–H and O–H groups in total. The summed E-state index contributed by atoms with van der Waals surface area (Å²) >= 11 is 0. The van der Waals surface area contributed by atoms with Crippen LogP contribution in [0, 0.1) is 19.8 Å². The van der Waals surface area contributed by atoms with Gasteiger partial charge in [-0.3, -0.25) is 4.79 Å². The summed E-state index contributed by atoms with van der Waals surface area (Å²) < 4.78 is 33.7. The third-order valence-corrected chi connectivity index (χ3v) is 8.52. The monoisotopic (exact) mass is 567 g/mol. The van der Waals surface area contributed by atoms with Gasteiger partial charge in [0.1, 0.15) is 5.75 Å². The first-order chi connectivity index (χ1) is 19.0. The first kappa shape index (κ1) is 31.1. The summed E-state index contributed by atoms with van der Waals surface area (Å²) in [5.41, 5.74) is 3.87. The number of aryl methyl sites for hydroxylation is 2. The number of rotatable bonds is 14. The highest BCUT2D eigenvalue weighted by atomic mass is 32.2. The number of aliphatic hydroxyl groups is 1. The lowest BCUT2D eigenvalue weighted by atomic mass is 10.0. The lowest BCUT2D eigenvalue weighted by molar-refractivity contribution is -0.121. The molecule has 0 bridgehead atoms. The van der Waals surface area contributed by atoms with Gasteiger partial charge >= 0.3 is 0 Å². The van der Waals surface area contributed by atoms with E-state index in [1.807, 2.05) is 76.2 Å². The summed E-state index contributed by atoms with van der Waals surface area (Å²) in [6.07, 6.45) is -0.814. The summed E-state index contributed by atoms with van der Waals surface area (Å²) in [4.78, 5) is 13.2. The van der Waals surface area contributed by atoms with Crippen molar-refractivity contribution < 1.29 is 23.1 Å². The zero-order valence-corrected chi connectivity index (χ0v) is 24.7. The number of nitrogens with one attached hydrogen (secondary N) is 2. The summed E-state index contributed by atoms with van der Waals surface area (Å²) in [5, 5.41) is 17.6. The van der Waals surface area contributed by atoms with Crippen LogP contribution in [0.25, 0.3) is 0 Å². The molecule has 3 aromatic rings. The highest BCUT2D eigenvalue weighted by Gasteiger charge is 2.31. The third kappa shape index (κ3) is 8.55. The van der Waals surface area contributed by atoms with Crippen LogP contribution in [0.15, 0.2) is 77.7 Å². The van der Waals surface area contributed by atoms with Crippen molar-refractivity contribution in [1.29, 1.82) is 0 Å². The molecule has 1 unspecified atom stereocenters. The number of carbonyl (C=O) groups excluding carboxylic acids is 1. The minimum Gasteiger partial charge on any atom is -0.497 e. The zero-order chi connectivity index (χ0) is 29.3. The molecule has 0 saturated heterocycles. The van der Waals surface area contributed by atoms with Crippen molar-refractivity contribution in [2.75, 3.05) is 32.1 Å². The van der Waals surface area contributed by atoms with Crippen molar-refractivity contribution in [3.05, 3.63) is 89.5 Å². The Morgan fingerprint density at radius 1 is 0.925 bits per heavy atom. The molecule has 0 radical (unpaired) electrons.